The minimum absolute atomic E-state index is 0. The summed E-state index contributed by atoms with van der Waals surface area (Å²) in [5, 5.41) is 0. The van der Waals surface area contributed by atoms with E-state index in [0.29, 0.717) is 5.92 Å². The number of benzene rings is 1. The van der Waals surface area contributed by atoms with Crippen molar-refractivity contribution in [2.24, 2.45) is 11.7 Å². The van der Waals surface area contributed by atoms with Gasteiger partial charge < -0.3 is 11.2 Å². The van der Waals surface area contributed by atoms with Gasteiger partial charge in [-0.2, -0.15) is 0 Å². The van der Waals surface area contributed by atoms with E-state index in [2.05, 4.69) is 51.1 Å². The number of nitrogens with two attached hydrogens (primary N) is 1. The highest BCUT2D eigenvalue weighted by molar-refractivity contribution is 5.16. The van der Waals surface area contributed by atoms with Crippen LogP contribution < -0.4 is 5.73 Å². The van der Waals surface area contributed by atoms with Gasteiger partial charge in [0.1, 0.15) is 0 Å². The smallest absolute Gasteiger partial charge is 0.0129 e. The molecule has 2 nitrogen and oxygen atoms in total. The Hall–Kier alpha value is -0.860. The van der Waals surface area contributed by atoms with Crippen molar-refractivity contribution < 1.29 is 5.48 Å². The van der Waals surface area contributed by atoms with Crippen molar-refractivity contribution in [1.29, 1.82) is 0 Å². The molecule has 0 saturated carbocycles. The monoisotopic (exact) mass is 321 g/mol. The average Bonchev–Trinajstić information content (AvgIpc) is 2.49. The van der Waals surface area contributed by atoms with Crippen molar-refractivity contribution in [1.82, 2.24) is 0 Å². The van der Waals surface area contributed by atoms with Gasteiger partial charge in [-0.25, -0.2) is 0 Å². The summed E-state index contributed by atoms with van der Waals surface area (Å²) in [4.78, 5) is 0. The number of hydrogen-bond donors (Lipinski definition) is 1. The molecule has 1 aromatic carbocycles. The minimum Gasteiger partial charge on any atom is -0.412 e. The molecule has 2 heteroatoms. The van der Waals surface area contributed by atoms with Crippen LogP contribution in [0.5, 0.6) is 0 Å². The van der Waals surface area contributed by atoms with Gasteiger partial charge in [-0.1, -0.05) is 88.6 Å². The zero-order valence-corrected chi connectivity index (χ0v) is 15.6. The highest BCUT2D eigenvalue weighted by Crippen LogP contribution is 2.25. The van der Waals surface area contributed by atoms with E-state index in [0.717, 1.165) is 6.42 Å². The van der Waals surface area contributed by atoms with Gasteiger partial charge in [0.15, 0.2) is 0 Å². The Labute approximate surface area is 144 Å². The zero-order chi connectivity index (χ0) is 16.3. The molecule has 0 amide bonds. The van der Waals surface area contributed by atoms with E-state index in [4.69, 9.17) is 5.73 Å². The van der Waals surface area contributed by atoms with Crippen molar-refractivity contribution in [2.45, 2.75) is 90.5 Å². The van der Waals surface area contributed by atoms with Crippen molar-refractivity contribution in [2.75, 3.05) is 0 Å². The van der Waals surface area contributed by atoms with Gasteiger partial charge in [-0.05, 0) is 38.2 Å². The van der Waals surface area contributed by atoms with E-state index in [1.165, 1.54) is 63.4 Å². The van der Waals surface area contributed by atoms with Crippen molar-refractivity contribution in [3.05, 3.63) is 35.9 Å². The van der Waals surface area contributed by atoms with E-state index in [1.54, 1.807) is 0 Å². The van der Waals surface area contributed by atoms with Crippen LogP contribution in [0.25, 0.3) is 0 Å². The van der Waals surface area contributed by atoms with E-state index in [9.17, 15) is 0 Å². The van der Waals surface area contributed by atoms with Gasteiger partial charge in [-0.3, -0.25) is 0 Å². The first kappa shape index (κ1) is 22.1. The summed E-state index contributed by atoms with van der Waals surface area (Å²) in [6, 6.07) is 10.8. The third-order valence-corrected chi connectivity index (χ3v) is 4.78. The molecule has 0 bridgehead atoms. The van der Waals surface area contributed by atoms with Crippen LogP contribution in [0.2, 0.25) is 0 Å². The fourth-order valence-electron chi connectivity index (χ4n) is 3.16. The molecule has 0 heterocycles. The summed E-state index contributed by atoms with van der Waals surface area (Å²) < 4.78 is 0. The van der Waals surface area contributed by atoms with Crippen LogP contribution in [0.15, 0.2) is 30.3 Å². The summed E-state index contributed by atoms with van der Waals surface area (Å²) in [6.07, 6.45) is 13.5. The molecule has 0 saturated heterocycles. The van der Waals surface area contributed by atoms with Crippen molar-refractivity contribution in [3.8, 4) is 0 Å². The van der Waals surface area contributed by atoms with E-state index in [1.807, 2.05) is 0 Å². The van der Waals surface area contributed by atoms with Crippen LogP contribution in [0, 0.1) is 5.92 Å². The van der Waals surface area contributed by atoms with E-state index in [-0.39, 0.29) is 11.0 Å². The Morgan fingerprint density at radius 2 is 1.39 bits per heavy atom. The minimum atomic E-state index is -0.0863. The quantitative estimate of drug-likeness (QED) is 0.522. The van der Waals surface area contributed by atoms with Crippen LogP contribution in [0.1, 0.15) is 84.1 Å². The molecular weight excluding hydrogens is 282 g/mol. The molecule has 0 aliphatic heterocycles. The van der Waals surface area contributed by atoms with Gasteiger partial charge in [0, 0.05) is 5.54 Å². The predicted molar refractivity (Wildman–Crippen MR) is 103 cm³/mol. The molecule has 0 aromatic heterocycles. The van der Waals surface area contributed by atoms with Gasteiger partial charge in [0.2, 0.25) is 0 Å². The molecule has 0 spiro atoms. The van der Waals surface area contributed by atoms with E-state index < -0.39 is 0 Å². The molecule has 0 fully saturated rings. The standard InChI is InChI=1S/C21H37N.H2O/c1-4-5-6-7-8-9-10-14-17-20(21(2,3)22)18-19-15-12-11-13-16-19;/h11-13,15-16,20H,4-10,14,17-18,22H2,1-3H3;1H2. The third kappa shape index (κ3) is 10.5. The second kappa shape index (κ2) is 12.5. The lowest BCUT2D eigenvalue weighted by Crippen LogP contribution is -2.42. The molecule has 0 aliphatic rings. The Kier molecular flexibility index (Phi) is 12.1. The topological polar surface area (TPSA) is 57.5 Å². The van der Waals surface area contributed by atoms with Gasteiger partial charge in [0.05, 0.1) is 0 Å². The predicted octanol–water partition coefficient (Wildman–Crippen LogP) is 5.29. The molecule has 1 aromatic rings. The third-order valence-electron chi connectivity index (χ3n) is 4.78. The largest absolute Gasteiger partial charge is 0.412 e. The maximum atomic E-state index is 6.42. The maximum absolute atomic E-state index is 6.42. The lowest BCUT2D eigenvalue weighted by atomic mass is 9.80. The Bertz CT molecular complexity index is 369. The first-order valence-electron chi connectivity index (χ1n) is 9.37. The van der Waals surface area contributed by atoms with E-state index >= 15 is 0 Å². The summed E-state index contributed by atoms with van der Waals surface area (Å²) in [5.41, 5.74) is 7.76. The molecule has 1 atom stereocenters. The molecule has 0 radical (unpaired) electrons. The number of hydrogen-bond acceptors (Lipinski definition) is 1. The van der Waals surface area contributed by atoms with Crippen LogP contribution in [-0.2, 0) is 6.42 Å². The van der Waals surface area contributed by atoms with Crippen molar-refractivity contribution in [3.63, 3.8) is 0 Å². The van der Waals surface area contributed by atoms with Crippen LogP contribution >= 0.6 is 0 Å². The zero-order valence-electron chi connectivity index (χ0n) is 15.6. The first-order chi connectivity index (χ1) is 10.5. The highest BCUT2D eigenvalue weighted by atomic mass is 16.0. The maximum Gasteiger partial charge on any atom is 0.0129 e. The van der Waals surface area contributed by atoms with Crippen LogP contribution in [0.4, 0.5) is 0 Å². The fraction of sp³-hybridized carbons (Fsp3) is 0.714. The molecule has 1 unspecified atom stereocenters. The molecule has 1 rings (SSSR count). The van der Waals surface area contributed by atoms with Crippen molar-refractivity contribution >= 4 is 0 Å². The molecule has 4 N–H and O–H groups in total. The lowest BCUT2D eigenvalue weighted by molar-refractivity contribution is 0.290. The number of rotatable bonds is 12. The molecule has 134 valence electrons. The fourth-order valence-corrected chi connectivity index (χ4v) is 3.16. The molecule has 23 heavy (non-hydrogen) atoms. The second-order valence-electron chi connectivity index (χ2n) is 7.47. The normalized spacial score (nSPS) is 12.7. The number of unbranched alkanes of at least 4 members (excludes halogenated alkanes) is 7. The van der Waals surface area contributed by atoms with Gasteiger partial charge in [-0.15, -0.1) is 0 Å². The van der Waals surface area contributed by atoms with Gasteiger partial charge >= 0.3 is 0 Å². The molecule has 0 aliphatic carbocycles. The first-order valence-corrected chi connectivity index (χ1v) is 9.37. The summed E-state index contributed by atoms with van der Waals surface area (Å²) in [6.45, 7) is 6.65. The Morgan fingerprint density at radius 3 is 1.91 bits per heavy atom. The average molecular weight is 322 g/mol. The SMILES string of the molecule is CCCCCCCCCCC(Cc1ccccc1)C(C)(C)N.O. The van der Waals surface area contributed by atoms with Crippen LogP contribution in [0.3, 0.4) is 0 Å². The van der Waals surface area contributed by atoms with Gasteiger partial charge in [0.25, 0.3) is 0 Å². The Balaban J connectivity index is 0.00000484. The molecular formula is C21H39NO. The summed E-state index contributed by atoms with van der Waals surface area (Å²) in [5.74, 6) is 0.579. The Morgan fingerprint density at radius 1 is 0.870 bits per heavy atom. The second-order valence-corrected chi connectivity index (χ2v) is 7.47. The van der Waals surface area contributed by atoms with Crippen LogP contribution in [-0.4, -0.2) is 11.0 Å². The lowest BCUT2D eigenvalue weighted by Gasteiger charge is -2.31. The summed E-state index contributed by atoms with van der Waals surface area (Å²) >= 11 is 0. The summed E-state index contributed by atoms with van der Waals surface area (Å²) in [7, 11) is 0. The highest BCUT2D eigenvalue weighted by Gasteiger charge is 2.24.